The van der Waals surface area contributed by atoms with Gasteiger partial charge in [0, 0.05) is 18.3 Å². The molecule has 0 aromatic rings. The normalized spacial score (nSPS) is 21.5. The highest BCUT2D eigenvalue weighted by Gasteiger charge is 2.30. The summed E-state index contributed by atoms with van der Waals surface area (Å²) in [7, 11) is 0. The van der Waals surface area contributed by atoms with Crippen LogP contribution >= 0.6 is 0 Å². The summed E-state index contributed by atoms with van der Waals surface area (Å²) < 4.78 is 5.72. The second-order valence-electron chi connectivity index (χ2n) is 6.17. The molecule has 0 spiro atoms. The van der Waals surface area contributed by atoms with E-state index < -0.39 is 0 Å². The summed E-state index contributed by atoms with van der Waals surface area (Å²) in [5, 5.41) is 0. The number of esters is 1. The van der Waals surface area contributed by atoms with Crippen LogP contribution in [0, 0.1) is 11.8 Å². The third-order valence-electron chi connectivity index (χ3n) is 4.48. The van der Waals surface area contributed by atoms with Crippen molar-refractivity contribution >= 4 is 5.97 Å². The first-order valence-electron chi connectivity index (χ1n) is 8.82. The molecular weight excluding hydrogens is 272 g/mol. The van der Waals surface area contributed by atoms with Gasteiger partial charge in [-0.2, -0.15) is 0 Å². The molecule has 1 rings (SSSR count). The largest absolute Gasteiger partial charge is 0.462 e. The minimum atomic E-state index is -0.0346. The van der Waals surface area contributed by atoms with E-state index in [1.165, 1.54) is 19.3 Å². The molecule has 0 amide bonds. The van der Waals surface area contributed by atoms with Crippen molar-refractivity contribution in [3.63, 3.8) is 0 Å². The number of ether oxygens (including phenoxy) is 1. The van der Waals surface area contributed by atoms with Crippen molar-refractivity contribution in [3.05, 3.63) is 37.5 Å². The minimum absolute atomic E-state index is 0.0260. The molecular formula is C20H32O2. The van der Waals surface area contributed by atoms with Crippen molar-refractivity contribution in [3.8, 4) is 0 Å². The maximum atomic E-state index is 12.0. The van der Waals surface area contributed by atoms with Crippen LogP contribution < -0.4 is 0 Å². The van der Waals surface area contributed by atoms with Gasteiger partial charge < -0.3 is 4.74 Å². The number of hydrogen-bond donors (Lipinski definition) is 0. The van der Waals surface area contributed by atoms with E-state index in [1.807, 2.05) is 12.2 Å². The van der Waals surface area contributed by atoms with Gasteiger partial charge in [0.15, 0.2) is 0 Å². The highest BCUT2D eigenvalue weighted by atomic mass is 16.5. The van der Waals surface area contributed by atoms with E-state index in [9.17, 15) is 4.79 Å². The number of carbonyl (C=O) groups is 1. The predicted octanol–water partition coefficient (Wildman–Crippen LogP) is 5.60. The first-order valence-corrected chi connectivity index (χ1v) is 8.82. The summed E-state index contributed by atoms with van der Waals surface area (Å²) in [6, 6.07) is 0. The summed E-state index contributed by atoms with van der Waals surface area (Å²) >= 11 is 0. The number of rotatable bonds is 12. The fourth-order valence-corrected chi connectivity index (χ4v) is 3.14. The Hall–Kier alpha value is -1.31. The fraction of sp³-hybridized carbons (Fsp3) is 0.650. The van der Waals surface area contributed by atoms with Crippen molar-refractivity contribution < 1.29 is 9.53 Å². The van der Waals surface area contributed by atoms with E-state index in [0.717, 1.165) is 32.1 Å². The molecule has 124 valence electrons. The molecule has 2 nitrogen and oxygen atoms in total. The van der Waals surface area contributed by atoms with E-state index in [1.54, 1.807) is 0 Å². The highest BCUT2D eigenvalue weighted by molar-refractivity contribution is 5.69. The quantitative estimate of drug-likeness (QED) is 0.266. The Morgan fingerprint density at radius 2 is 2.00 bits per heavy atom. The molecule has 0 N–H and O–H groups in total. The average Bonchev–Trinajstić information content (AvgIpc) is 3.00. The summed E-state index contributed by atoms with van der Waals surface area (Å²) in [5.74, 6) is 0.695. The zero-order valence-electron chi connectivity index (χ0n) is 14.1. The Morgan fingerprint density at radius 1 is 1.27 bits per heavy atom. The number of carbonyl (C=O) groups excluding carboxylic acids is 1. The van der Waals surface area contributed by atoms with Crippen molar-refractivity contribution in [2.24, 2.45) is 11.8 Å². The number of allylic oxidation sites excluding steroid dienone is 4. The molecule has 0 bridgehead atoms. The molecule has 0 radical (unpaired) electrons. The third kappa shape index (κ3) is 6.64. The summed E-state index contributed by atoms with van der Waals surface area (Å²) in [6.45, 7) is 9.70. The van der Waals surface area contributed by atoms with Gasteiger partial charge in [0.2, 0.25) is 0 Å². The molecule has 0 aromatic heterocycles. The molecule has 22 heavy (non-hydrogen) atoms. The monoisotopic (exact) mass is 304 g/mol. The van der Waals surface area contributed by atoms with Gasteiger partial charge in [-0.3, -0.25) is 4.79 Å². The lowest BCUT2D eigenvalue weighted by Crippen LogP contribution is -2.28. The van der Waals surface area contributed by atoms with Gasteiger partial charge in [-0.1, -0.05) is 50.5 Å². The minimum Gasteiger partial charge on any atom is -0.462 e. The lowest BCUT2D eigenvalue weighted by Gasteiger charge is -2.26. The van der Waals surface area contributed by atoms with Crippen LogP contribution in [-0.4, -0.2) is 12.1 Å². The molecule has 0 aliphatic heterocycles. The molecule has 0 aromatic carbocycles. The van der Waals surface area contributed by atoms with Crippen molar-refractivity contribution in [2.75, 3.05) is 0 Å². The van der Waals surface area contributed by atoms with Gasteiger partial charge in [-0.25, -0.2) is 0 Å². The van der Waals surface area contributed by atoms with Gasteiger partial charge in [0.1, 0.15) is 6.10 Å². The van der Waals surface area contributed by atoms with E-state index in [2.05, 4.69) is 32.2 Å². The van der Waals surface area contributed by atoms with Crippen molar-refractivity contribution in [1.29, 1.82) is 0 Å². The van der Waals surface area contributed by atoms with E-state index in [0.29, 0.717) is 18.3 Å². The van der Waals surface area contributed by atoms with Crippen LogP contribution in [0.1, 0.15) is 64.7 Å². The maximum Gasteiger partial charge on any atom is 0.306 e. The molecule has 0 saturated carbocycles. The van der Waals surface area contributed by atoms with Crippen LogP contribution in [0.2, 0.25) is 0 Å². The molecule has 0 unspecified atom stereocenters. The molecule has 1 aliphatic carbocycles. The first kappa shape index (κ1) is 18.7. The van der Waals surface area contributed by atoms with Gasteiger partial charge in [-0.15, -0.1) is 13.2 Å². The third-order valence-corrected chi connectivity index (χ3v) is 4.48. The zero-order valence-corrected chi connectivity index (χ0v) is 14.1. The second-order valence-corrected chi connectivity index (χ2v) is 6.17. The van der Waals surface area contributed by atoms with E-state index >= 15 is 0 Å². The van der Waals surface area contributed by atoms with E-state index in [4.69, 9.17) is 4.74 Å². The Balaban J connectivity index is 2.19. The summed E-state index contributed by atoms with van der Waals surface area (Å²) in [5.41, 5.74) is 0. The van der Waals surface area contributed by atoms with Crippen LogP contribution in [0.15, 0.2) is 37.5 Å². The first-order chi connectivity index (χ1) is 10.7. The van der Waals surface area contributed by atoms with Crippen LogP contribution in [0.25, 0.3) is 0 Å². The van der Waals surface area contributed by atoms with Gasteiger partial charge >= 0.3 is 5.97 Å². The molecule has 2 heteroatoms. The van der Waals surface area contributed by atoms with Crippen LogP contribution in [0.3, 0.4) is 0 Å². The topological polar surface area (TPSA) is 26.3 Å². The highest BCUT2D eigenvalue weighted by Crippen LogP contribution is 2.32. The molecule has 0 saturated heterocycles. The lowest BCUT2D eigenvalue weighted by atomic mass is 9.89. The molecule has 1 aliphatic rings. The summed E-state index contributed by atoms with van der Waals surface area (Å²) in [6.07, 6.45) is 17.5. The molecule has 3 atom stereocenters. The van der Waals surface area contributed by atoms with E-state index in [-0.39, 0.29) is 12.1 Å². The van der Waals surface area contributed by atoms with Crippen LogP contribution in [-0.2, 0) is 9.53 Å². The zero-order chi connectivity index (χ0) is 16.2. The Morgan fingerprint density at radius 3 is 2.68 bits per heavy atom. The smallest absolute Gasteiger partial charge is 0.306 e. The molecule has 0 heterocycles. The number of unbranched alkanes of at least 4 members (excludes halogenated alkanes) is 5. The molecule has 0 fully saturated rings. The Kier molecular flexibility index (Phi) is 9.61. The van der Waals surface area contributed by atoms with Crippen molar-refractivity contribution in [1.82, 2.24) is 0 Å². The van der Waals surface area contributed by atoms with Crippen molar-refractivity contribution in [2.45, 2.75) is 70.8 Å². The fourth-order valence-electron chi connectivity index (χ4n) is 3.14. The van der Waals surface area contributed by atoms with Crippen LogP contribution in [0.4, 0.5) is 0 Å². The predicted molar refractivity (Wildman–Crippen MR) is 93.6 cm³/mol. The average molecular weight is 304 g/mol. The van der Waals surface area contributed by atoms with Crippen LogP contribution in [0.5, 0.6) is 0 Å². The number of hydrogen-bond acceptors (Lipinski definition) is 2. The lowest BCUT2D eigenvalue weighted by molar-refractivity contribution is -0.152. The maximum absolute atomic E-state index is 12.0. The van der Waals surface area contributed by atoms with Gasteiger partial charge in [-0.05, 0) is 32.1 Å². The summed E-state index contributed by atoms with van der Waals surface area (Å²) in [4.78, 5) is 12.0. The standard InChI is InChI=1S/C20H32O2/c1-4-7-8-9-10-11-12-16-20(21)22-19(6-3)18-15-13-14-17(18)5-2/h4-5,13-14,17-19H,1-2,6-12,15-16H2,3H3/t17-,18-,19+/m1/s1. The van der Waals surface area contributed by atoms with Gasteiger partial charge in [0.25, 0.3) is 0 Å². The Labute approximate surface area is 136 Å². The SMILES string of the molecule is C=CCCCCCCCC(=O)O[C@@H](CC)[C@@H]1CC=C[C@H]1C=C. The Bertz CT molecular complexity index is 370. The van der Waals surface area contributed by atoms with Gasteiger partial charge in [0.05, 0.1) is 0 Å². The second kappa shape index (κ2) is 11.3.